The largest absolute Gasteiger partial charge is 0.495 e. The third kappa shape index (κ3) is 2.59. The Morgan fingerprint density at radius 3 is 2.15 bits per heavy atom. The van der Waals surface area contributed by atoms with Crippen LogP contribution < -0.4 is 15.2 Å². The smallest absolute Gasteiger partial charge is 0.423 e. The quantitative estimate of drug-likeness (QED) is 0.869. The number of nitrogens with two attached hydrogens (primary N) is 1. The van der Waals surface area contributed by atoms with Gasteiger partial charge >= 0.3 is 6.18 Å². The Morgan fingerprint density at radius 1 is 1.25 bits per heavy atom. The molecule has 0 heterocycles. The van der Waals surface area contributed by atoms with Crippen molar-refractivity contribution in [3.05, 3.63) is 22.2 Å². The zero-order chi connectivity index (χ0) is 15.7. The minimum atomic E-state index is -4.96. The van der Waals surface area contributed by atoms with Crippen LogP contribution in [0.1, 0.15) is 12.5 Å². The number of halogens is 4. The molecule has 0 amide bonds. The molecule has 0 saturated carbocycles. The molecule has 0 radical (unpaired) electrons. The van der Waals surface area contributed by atoms with Gasteiger partial charge in [0.05, 0.1) is 14.2 Å². The van der Waals surface area contributed by atoms with Crippen molar-refractivity contribution in [3.63, 3.8) is 0 Å². The first-order chi connectivity index (χ1) is 9.11. The van der Waals surface area contributed by atoms with Crippen LogP contribution in [0, 0.1) is 0 Å². The van der Waals surface area contributed by atoms with Crippen molar-refractivity contribution in [2.75, 3.05) is 14.2 Å². The van der Waals surface area contributed by atoms with Crippen LogP contribution in [0.2, 0.25) is 0 Å². The number of aliphatic hydroxyl groups is 1. The fourth-order valence-electron chi connectivity index (χ4n) is 1.85. The Bertz CT molecular complexity index is 494. The maximum Gasteiger partial charge on any atom is 0.423 e. The Labute approximate surface area is 122 Å². The van der Waals surface area contributed by atoms with Crippen LogP contribution in [-0.4, -0.2) is 31.5 Å². The predicted octanol–water partition coefficient (Wildman–Crippen LogP) is 2.56. The van der Waals surface area contributed by atoms with Gasteiger partial charge in [-0.2, -0.15) is 13.2 Å². The Hall–Kier alpha value is -0.990. The number of alkyl halides is 3. The maximum absolute atomic E-state index is 13.2. The molecule has 0 aromatic heterocycles. The van der Waals surface area contributed by atoms with E-state index in [4.69, 9.17) is 15.2 Å². The van der Waals surface area contributed by atoms with Crippen molar-refractivity contribution in [2.45, 2.75) is 24.7 Å². The van der Waals surface area contributed by atoms with Gasteiger partial charge in [-0.05, 0) is 35.0 Å². The highest BCUT2D eigenvalue weighted by atomic mass is 79.9. The summed E-state index contributed by atoms with van der Waals surface area (Å²) >= 11 is 3.09. The van der Waals surface area contributed by atoms with E-state index in [1.165, 1.54) is 20.3 Å². The van der Waals surface area contributed by atoms with Crippen molar-refractivity contribution in [3.8, 4) is 11.5 Å². The van der Waals surface area contributed by atoms with Gasteiger partial charge < -0.3 is 20.3 Å². The summed E-state index contributed by atoms with van der Waals surface area (Å²) in [5, 5.41) is 10.1. The molecular weight excluding hydrogens is 343 g/mol. The van der Waals surface area contributed by atoms with E-state index in [1.54, 1.807) is 0 Å². The SMILES string of the molecule is COc1ccc(C(O)(C(C)N)C(F)(F)F)c(OC)c1Br. The topological polar surface area (TPSA) is 64.7 Å². The van der Waals surface area contributed by atoms with Crippen molar-refractivity contribution < 1.29 is 27.8 Å². The van der Waals surface area contributed by atoms with Crippen LogP contribution in [0.4, 0.5) is 13.2 Å². The zero-order valence-corrected chi connectivity index (χ0v) is 12.7. The summed E-state index contributed by atoms with van der Waals surface area (Å²) in [6, 6.07) is 0.789. The van der Waals surface area contributed by atoms with Gasteiger partial charge in [0.1, 0.15) is 16.0 Å². The first-order valence-electron chi connectivity index (χ1n) is 5.56. The van der Waals surface area contributed by atoms with Crippen molar-refractivity contribution in [1.82, 2.24) is 0 Å². The molecule has 1 rings (SSSR count). The third-order valence-electron chi connectivity index (χ3n) is 2.99. The zero-order valence-electron chi connectivity index (χ0n) is 11.1. The molecule has 2 atom stereocenters. The molecule has 20 heavy (non-hydrogen) atoms. The average molecular weight is 358 g/mol. The molecule has 0 spiro atoms. The van der Waals surface area contributed by atoms with E-state index in [1.807, 2.05) is 0 Å². The summed E-state index contributed by atoms with van der Waals surface area (Å²) in [5.74, 6) is 0.0984. The molecule has 1 aromatic carbocycles. The highest BCUT2D eigenvalue weighted by molar-refractivity contribution is 9.10. The van der Waals surface area contributed by atoms with E-state index in [0.717, 1.165) is 13.0 Å². The summed E-state index contributed by atoms with van der Waals surface area (Å²) in [4.78, 5) is 0. The van der Waals surface area contributed by atoms with Crippen molar-refractivity contribution in [1.29, 1.82) is 0 Å². The number of rotatable bonds is 4. The standard InChI is InChI=1S/C12H15BrF3NO3/c1-6(17)11(18,12(14,15)16)7-4-5-8(19-2)9(13)10(7)20-3/h4-6,18H,17H2,1-3H3. The summed E-state index contributed by atoms with van der Waals surface area (Å²) in [7, 11) is 2.56. The average Bonchev–Trinajstić information content (AvgIpc) is 2.35. The Morgan fingerprint density at radius 2 is 1.80 bits per heavy atom. The summed E-state index contributed by atoms with van der Waals surface area (Å²) < 4.78 is 49.8. The lowest BCUT2D eigenvalue weighted by Gasteiger charge is -2.35. The number of ether oxygens (including phenoxy) is 2. The van der Waals surface area contributed by atoms with Gasteiger partial charge in [0.25, 0.3) is 0 Å². The Kier molecular flexibility index (Phi) is 4.94. The highest BCUT2D eigenvalue weighted by Crippen LogP contribution is 2.48. The predicted molar refractivity (Wildman–Crippen MR) is 70.8 cm³/mol. The molecule has 0 fully saturated rings. The molecule has 0 aliphatic heterocycles. The maximum atomic E-state index is 13.2. The van der Waals surface area contributed by atoms with E-state index < -0.39 is 23.4 Å². The second-order valence-electron chi connectivity index (χ2n) is 4.22. The van der Waals surface area contributed by atoms with E-state index in [0.29, 0.717) is 0 Å². The number of methoxy groups -OCH3 is 2. The number of hydrogen-bond acceptors (Lipinski definition) is 4. The minimum Gasteiger partial charge on any atom is -0.495 e. The molecular formula is C12H15BrF3NO3. The van der Waals surface area contributed by atoms with Crippen LogP contribution in [0.25, 0.3) is 0 Å². The fraction of sp³-hybridized carbons (Fsp3) is 0.500. The van der Waals surface area contributed by atoms with E-state index >= 15 is 0 Å². The summed E-state index contributed by atoms with van der Waals surface area (Å²) in [5.41, 5.74) is 1.66. The third-order valence-corrected chi connectivity index (χ3v) is 3.74. The van der Waals surface area contributed by atoms with Crippen molar-refractivity contribution in [2.24, 2.45) is 5.73 Å². The van der Waals surface area contributed by atoms with Gasteiger partial charge in [0, 0.05) is 11.6 Å². The number of hydrogen-bond donors (Lipinski definition) is 2. The second kappa shape index (κ2) is 5.79. The van der Waals surface area contributed by atoms with Crippen LogP contribution in [0.5, 0.6) is 11.5 Å². The van der Waals surface area contributed by atoms with Crippen LogP contribution >= 0.6 is 15.9 Å². The van der Waals surface area contributed by atoms with Gasteiger partial charge in [0.15, 0.2) is 0 Å². The highest BCUT2D eigenvalue weighted by Gasteiger charge is 2.59. The first kappa shape index (κ1) is 17.1. The lowest BCUT2D eigenvalue weighted by Crippen LogP contribution is -2.54. The van der Waals surface area contributed by atoms with Crippen molar-refractivity contribution >= 4 is 15.9 Å². The molecule has 2 unspecified atom stereocenters. The Balaban J connectivity index is 3.63. The van der Waals surface area contributed by atoms with Crippen LogP contribution in [0.3, 0.4) is 0 Å². The van der Waals surface area contributed by atoms with Gasteiger partial charge in [0.2, 0.25) is 5.60 Å². The molecule has 8 heteroatoms. The van der Waals surface area contributed by atoms with Gasteiger partial charge in [-0.25, -0.2) is 0 Å². The lowest BCUT2D eigenvalue weighted by molar-refractivity contribution is -0.273. The van der Waals surface area contributed by atoms with Gasteiger partial charge in [-0.1, -0.05) is 0 Å². The van der Waals surface area contributed by atoms with Gasteiger partial charge in [-0.3, -0.25) is 0 Å². The first-order valence-corrected chi connectivity index (χ1v) is 6.36. The molecule has 0 saturated heterocycles. The van der Waals surface area contributed by atoms with E-state index in [2.05, 4.69) is 15.9 Å². The van der Waals surface area contributed by atoms with Crippen LogP contribution in [-0.2, 0) is 5.60 Å². The second-order valence-corrected chi connectivity index (χ2v) is 5.01. The molecule has 1 aromatic rings. The van der Waals surface area contributed by atoms with Gasteiger partial charge in [-0.15, -0.1) is 0 Å². The molecule has 3 N–H and O–H groups in total. The number of benzene rings is 1. The lowest BCUT2D eigenvalue weighted by atomic mass is 9.86. The molecule has 4 nitrogen and oxygen atoms in total. The molecule has 0 aliphatic carbocycles. The molecule has 114 valence electrons. The van der Waals surface area contributed by atoms with Crippen LogP contribution in [0.15, 0.2) is 16.6 Å². The minimum absolute atomic E-state index is 0.170. The molecule has 0 bridgehead atoms. The summed E-state index contributed by atoms with van der Waals surface area (Å²) in [6.07, 6.45) is -4.96. The fourth-order valence-corrected chi connectivity index (χ4v) is 2.52. The summed E-state index contributed by atoms with van der Waals surface area (Å²) in [6.45, 7) is 1.07. The normalized spacial score (nSPS) is 16.4. The van der Waals surface area contributed by atoms with E-state index in [-0.39, 0.29) is 16.0 Å². The molecule has 0 aliphatic rings. The monoisotopic (exact) mass is 357 g/mol. The van der Waals surface area contributed by atoms with E-state index in [9.17, 15) is 18.3 Å².